The molecule has 1 aromatic carbocycles. The molecule has 3 nitrogen and oxygen atoms in total. The highest BCUT2D eigenvalue weighted by Crippen LogP contribution is 2.40. The number of ether oxygens (including phenoxy) is 2. The van der Waals surface area contributed by atoms with E-state index in [1.807, 2.05) is 43.8 Å². The molecule has 2 rings (SSSR count). The fourth-order valence-corrected chi connectivity index (χ4v) is 2.68. The Labute approximate surface area is 119 Å². The number of aliphatic hydroxyl groups is 1. The van der Waals surface area contributed by atoms with E-state index < -0.39 is 6.10 Å². The molecular formula is C15H22O3S. The van der Waals surface area contributed by atoms with Gasteiger partial charge in [0.25, 0.3) is 0 Å². The van der Waals surface area contributed by atoms with Crippen LogP contribution in [0.5, 0.6) is 11.5 Å². The first-order chi connectivity index (χ1) is 9.02. The molecule has 1 unspecified atom stereocenters. The first-order valence-corrected chi connectivity index (χ1v) is 8.04. The van der Waals surface area contributed by atoms with Crippen LogP contribution in [0.4, 0.5) is 0 Å². The van der Waals surface area contributed by atoms with Crippen LogP contribution in [-0.2, 0) is 0 Å². The van der Waals surface area contributed by atoms with Gasteiger partial charge in [0.05, 0.1) is 12.7 Å². The van der Waals surface area contributed by atoms with Crippen LogP contribution in [0.2, 0.25) is 0 Å². The van der Waals surface area contributed by atoms with Crippen molar-refractivity contribution < 1.29 is 14.6 Å². The maximum atomic E-state index is 10.1. The molecule has 1 atom stereocenters. The summed E-state index contributed by atoms with van der Waals surface area (Å²) >= 11 is 1.82. The lowest BCUT2D eigenvalue weighted by molar-refractivity contribution is 0.0113. The first kappa shape index (κ1) is 14.5. The van der Waals surface area contributed by atoms with Gasteiger partial charge in [0.2, 0.25) is 0 Å². The molecule has 0 bridgehead atoms. The lowest BCUT2D eigenvalue weighted by Gasteiger charge is -2.35. The predicted molar refractivity (Wildman–Crippen MR) is 79.2 cm³/mol. The van der Waals surface area contributed by atoms with Crippen LogP contribution >= 0.6 is 11.8 Å². The van der Waals surface area contributed by atoms with Crippen LogP contribution < -0.4 is 9.47 Å². The van der Waals surface area contributed by atoms with Crippen molar-refractivity contribution in [3.8, 4) is 11.5 Å². The van der Waals surface area contributed by atoms with E-state index in [0.717, 1.165) is 29.2 Å². The first-order valence-electron chi connectivity index (χ1n) is 6.64. The third kappa shape index (κ3) is 3.80. The second-order valence-electron chi connectivity index (χ2n) is 5.48. The smallest absolute Gasteiger partial charge is 0.129 e. The molecule has 0 saturated carbocycles. The molecule has 0 radical (unpaired) electrons. The molecule has 1 aromatic rings. The van der Waals surface area contributed by atoms with Gasteiger partial charge in [-0.15, -0.1) is 0 Å². The fraction of sp³-hybridized carbons (Fsp3) is 0.600. The molecule has 0 fully saturated rings. The van der Waals surface area contributed by atoms with Crippen LogP contribution in [0.15, 0.2) is 18.2 Å². The van der Waals surface area contributed by atoms with Gasteiger partial charge in [0, 0.05) is 18.1 Å². The topological polar surface area (TPSA) is 38.7 Å². The summed E-state index contributed by atoms with van der Waals surface area (Å²) in [6.45, 7) is 4.70. The van der Waals surface area contributed by atoms with Crippen molar-refractivity contribution in [2.45, 2.75) is 38.4 Å². The fourth-order valence-electron chi connectivity index (χ4n) is 2.28. The van der Waals surface area contributed by atoms with Crippen molar-refractivity contribution in [2.24, 2.45) is 0 Å². The van der Waals surface area contributed by atoms with E-state index >= 15 is 0 Å². The van der Waals surface area contributed by atoms with Crippen LogP contribution in [0, 0.1) is 0 Å². The summed E-state index contributed by atoms with van der Waals surface area (Å²) in [6, 6.07) is 5.69. The Bertz CT molecular complexity index is 431. The maximum Gasteiger partial charge on any atom is 0.129 e. The summed E-state index contributed by atoms with van der Waals surface area (Å²) in [6.07, 6.45) is 3.29. The third-order valence-corrected chi connectivity index (χ3v) is 3.87. The number of rotatable bonds is 5. The third-order valence-electron chi connectivity index (χ3n) is 3.18. The highest BCUT2D eigenvalue weighted by atomic mass is 32.2. The van der Waals surface area contributed by atoms with E-state index in [-0.39, 0.29) is 5.60 Å². The Morgan fingerprint density at radius 1 is 1.47 bits per heavy atom. The number of hydrogen-bond acceptors (Lipinski definition) is 4. The van der Waals surface area contributed by atoms with Gasteiger partial charge in [-0.2, -0.15) is 11.8 Å². The lowest BCUT2D eigenvalue weighted by atomic mass is 9.92. The summed E-state index contributed by atoms with van der Waals surface area (Å²) in [4.78, 5) is 0. The van der Waals surface area contributed by atoms with Gasteiger partial charge in [-0.3, -0.25) is 0 Å². The number of thioether (sulfide) groups is 1. The average Bonchev–Trinajstić information content (AvgIpc) is 2.32. The second-order valence-corrected chi connectivity index (χ2v) is 6.46. The maximum absolute atomic E-state index is 10.1. The number of fused-ring (bicyclic) bond motifs is 1. The molecule has 1 aliphatic heterocycles. The molecule has 19 heavy (non-hydrogen) atoms. The number of benzene rings is 1. The second kappa shape index (κ2) is 6.06. The van der Waals surface area contributed by atoms with Gasteiger partial charge in [0.1, 0.15) is 17.1 Å². The van der Waals surface area contributed by atoms with E-state index in [0.29, 0.717) is 13.0 Å². The van der Waals surface area contributed by atoms with Crippen LogP contribution in [0.25, 0.3) is 0 Å². The van der Waals surface area contributed by atoms with Gasteiger partial charge in [0.15, 0.2) is 0 Å². The van der Waals surface area contributed by atoms with E-state index in [2.05, 4.69) is 6.26 Å². The summed E-state index contributed by atoms with van der Waals surface area (Å²) in [5, 5.41) is 10.1. The van der Waals surface area contributed by atoms with Gasteiger partial charge < -0.3 is 14.6 Å². The Morgan fingerprint density at radius 3 is 3.00 bits per heavy atom. The van der Waals surface area contributed by atoms with Gasteiger partial charge in [-0.1, -0.05) is 0 Å². The Kier molecular flexibility index (Phi) is 4.63. The Hall–Kier alpha value is -0.870. The molecule has 1 aliphatic rings. The van der Waals surface area contributed by atoms with E-state index in [1.165, 1.54) is 0 Å². The minimum Gasteiger partial charge on any atom is -0.493 e. The monoisotopic (exact) mass is 282 g/mol. The van der Waals surface area contributed by atoms with Crippen LogP contribution in [0.3, 0.4) is 0 Å². The normalized spacial score (nSPS) is 20.5. The summed E-state index contributed by atoms with van der Waals surface area (Å²) in [7, 11) is 0. The molecule has 1 N–H and O–H groups in total. The zero-order valence-corrected chi connectivity index (χ0v) is 12.6. The van der Waals surface area contributed by atoms with Crippen LogP contribution in [0.1, 0.15) is 38.4 Å². The van der Waals surface area contributed by atoms with E-state index in [4.69, 9.17) is 9.47 Å². The van der Waals surface area contributed by atoms with E-state index in [9.17, 15) is 5.11 Å². The highest BCUT2D eigenvalue weighted by Gasteiger charge is 2.32. The van der Waals surface area contributed by atoms with Crippen molar-refractivity contribution in [1.82, 2.24) is 0 Å². The summed E-state index contributed by atoms with van der Waals surface area (Å²) in [5.74, 6) is 2.66. The van der Waals surface area contributed by atoms with Gasteiger partial charge >= 0.3 is 0 Å². The average molecular weight is 282 g/mol. The SMILES string of the molecule is CSCCCOc1ccc2c(c1)OC(C)(C)CC2O. The van der Waals surface area contributed by atoms with Crippen molar-refractivity contribution in [3.05, 3.63) is 23.8 Å². The number of hydrogen-bond donors (Lipinski definition) is 1. The molecule has 106 valence electrons. The molecule has 0 spiro atoms. The van der Waals surface area contributed by atoms with Crippen LogP contribution in [-0.4, -0.2) is 29.3 Å². The zero-order valence-electron chi connectivity index (χ0n) is 11.8. The van der Waals surface area contributed by atoms with Gasteiger partial charge in [-0.25, -0.2) is 0 Å². The quantitative estimate of drug-likeness (QED) is 0.840. The van der Waals surface area contributed by atoms with Crippen molar-refractivity contribution in [2.75, 3.05) is 18.6 Å². The van der Waals surface area contributed by atoms with E-state index in [1.54, 1.807) is 0 Å². The largest absolute Gasteiger partial charge is 0.493 e. The standard InChI is InChI=1S/C15H22O3S/c1-15(2)10-13(16)12-6-5-11(9-14(12)18-15)17-7-4-8-19-3/h5-6,9,13,16H,4,7-8,10H2,1-3H3. The predicted octanol–water partition coefficient (Wildman–Crippen LogP) is 3.41. The summed E-state index contributed by atoms with van der Waals surface area (Å²) < 4.78 is 11.6. The zero-order chi connectivity index (χ0) is 13.9. The van der Waals surface area contributed by atoms with Gasteiger partial charge in [-0.05, 0) is 44.4 Å². The van der Waals surface area contributed by atoms with Crippen molar-refractivity contribution in [3.63, 3.8) is 0 Å². The molecule has 0 saturated heterocycles. The van der Waals surface area contributed by atoms with Crippen molar-refractivity contribution in [1.29, 1.82) is 0 Å². The number of aliphatic hydroxyl groups excluding tert-OH is 1. The molecule has 4 heteroatoms. The molecular weight excluding hydrogens is 260 g/mol. The lowest BCUT2D eigenvalue weighted by Crippen LogP contribution is -2.34. The molecule has 1 heterocycles. The van der Waals surface area contributed by atoms with Crippen molar-refractivity contribution >= 4 is 11.8 Å². The highest BCUT2D eigenvalue weighted by molar-refractivity contribution is 7.98. The summed E-state index contributed by atoms with van der Waals surface area (Å²) in [5.41, 5.74) is 0.528. The minimum atomic E-state index is -0.454. The Morgan fingerprint density at radius 2 is 2.26 bits per heavy atom. The minimum absolute atomic E-state index is 0.329. The molecule has 0 aliphatic carbocycles. The molecule has 0 amide bonds. The molecule has 0 aromatic heterocycles. The Balaban J connectivity index is 2.06.